The van der Waals surface area contributed by atoms with Crippen LogP contribution in [0.5, 0.6) is 5.75 Å². The first-order valence-corrected chi connectivity index (χ1v) is 24.9. The number of nitrogens with one attached hydrogen (secondary N) is 9. The normalized spacial score (nSPS) is 22.8. The van der Waals surface area contributed by atoms with Crippen LogP contribution in [-0.2, 0) is 49.6 Å². The number of hydrogen-bond acceptors (Lipinski definition) is 14. The number of carbonyl (C=O) groups excluding carboxylic acids is 9. The number of aliphatic hydroxyl groups is 2. The van der Waals surface area contributed by atoms with E-state index in [0.29, 0.717) is 53.8 Å². The molecule has 14 N–H and O–H groups in total. The molecule has 8 atom stereocenters. The number of nitrogens with zero attached hydrogens (tertiary/aromatic N) is 1. The van der Waals surface area contributed by atoms with Gasteiger partial charge in [-0.3, -0.25) is 43.2 Å². The molecule has 2 aromatic rings. The number of H-pyrrole nitrogens is 1. The maximum atomic E-state index is 14.5. The fourth-order valence-electron chi connectivity index (χ4n) is 8.03. The van der Waals surface area contributed by atoms with Gasteiger partial charge in [-0.2, -0.15) is 0 Å². The minimum Gasteiger partial charge on any atom is -0.508 e. The molecule has 0 bridgehead atoms. The van der Waals surface area contributed by atoms with Crippen LogP contribution in [0, 0.1) is 11.8 Å². The Morgan fingerprint density at radius 2 is 1.47 bits per heavy atom. The third-order valence-corrected chi connectivity index (χ3v) is 13.1. The van der Waals surface area contributed by atoms with Crippen LogP contribution < -0.4 is 48.3 Å². The van der Waals surface area contributed by atoms with Gasteiger partial charge in [0.15, 0.2) is 0 Å². The van der Waals surface area contributed by atoms with Gasteiger partial charge in [0.25, 0.3) is 0 Å². The van der Waals surface area contributed by atoms with Gasteiger partial charge >= 0.3 is 0 Å². The van der Waals surface area contributed by atoms with Crippen LogP contribution in [0.25, 0.3) is 10.9 Å². The number of phenolic OH excluding ortho intramolecular Hbond substituents is 1. The fourth-order valence-corrected chi connectivity index (χ4v) is 8.68. The van der Waals surface area contributed by atoms with E-state index < -0.39 is 127 Å². The first kappa shape index (κ1) is 58.3. The Hall–Kier alpha value is -5.98. The molecule has 0 saturated carbocycles. The number of thioether (sulfide) groups is 1. The average molecular weight is 1000 g/mol. The summed E-state index contributed by atoms with van der Waals surface area (Å²) in [6.07, 6.45) is 4.05. The first-order valence-electron chi connectivity index (χ1n) is 23.7. The van der Waals surface area contributed by atoms with Crippen LogP contribution in [-0.4, -0.2) is 167 Å². The number of hydrogen-bond donors (Lipinski definition) is 13. The zero-order chi connectivity index (χ0) is 52.1. The largest absolute Gasteiger partial charge is 0.508 e. The summed E-state index contributed by atoms with van der Waals surface area (Å²) in [6.45, 7) is 5.46. The Bertz CT molecular complexity index is 2140. The predicted octanol–water partition coefficient (Wildman–Crippen LogP) is -1.87. The number of carbonyl (C=O) groups is 9. The van der Waals surface area contributed by atoms with Crippen molar-refractivity contribution in [1.29, 1.82) is 0 Å². The molecule has 2 aliphatic rings. The molecule has 0 aliphatic carbocycles. The lowest BCUT2D eigenvalue weighted by molar-refractivity contribution is -0.143. The molecule has 23 nitrogen and oxygen atoms in total. The van der Waals surface area contributed by atoms with E-state index in [1.807, 2.05) is 0 Å². The molecular weight excluding hydrogens is 931 g/mol. The first-order chi connectivity index (χ1) is 33.4. The van der Waals surface area contributed by atoms with E-state index in [0.717, 1.165) is 26.4 Å². The summed E-state index contributed by atoms with van der Waals surface area (Å²) in [5, 5.41) is 49.9. The monoisotopic (exact) mass is 1000 g/mol. The van der Waals surface area contributed by atoms with Crippen molar-refractivity contribution in [2.24, 2.45) is 17.6 Å². The molecule has 2 saturated heterocycles. The predicted molar refractivity (Wildman–Crippen MR) is 261 cm³/mol. The maximum absolute atomic E-state index is 14.5. The van der Waals surface area contributed by atoms with Gasteiger partial charge in [-0.1, -0.05) is 40.0 Å². The van der Waals surface area contributed by atoms with E-state index in [1.54, 1.807) is 26.2 Å². The average Bonchev–Trinajstić information content (AvgIpc) is 3.97. The number of unbranched alkanes of at least 4 members (excludes halogenated alkanes) is 3. The topological polar surface area (TPSA) is 356 Å². The minimum atomic E-state index is -1.48. The number of aromatic nitrogens is 1. The molecule has 1 aromatic heterocycles. The van der Waals surface area contributed by atoms with Crippen LogP contribution >= 0.6 is 11.8 Å². The van der Waals surface area contributed by atoms with Crippen molar-refractivity contribution in [3.8, 4) is 5.75 Å². The van der Waals surface area contributed by atoms with Gasteiger partial charge in [0.05, 0.1) is 42.7 Å². The second-order valence-corrected chi connectivity index (χ2v) is 18.2. The lowest BCUT2D eigenvalue weighted by Crippen LogP contribution is -2.61. The Morgan fingerprint density at radius 1 is 0.814 bits per heavy atom. The van der Waals surface area contributed by atoms with E-state index in [4.69, 9.17) is 10.8 Å². The van der Waals surface area contributed by atoms with Gasteiger partial charge in [0, 0.05) is 44.0 Å². The number of rotatable bonds is 15. The van der Waals surface area contributed by atoms with Gasteiger partial charge in [0.1, 0.15) is 36.0 Å². The zero-order valence-corrected chi connectivity index (χ0v) is 41.7. The second kappa shape index (κ2) is 29.3. The van der Waals surface area contributed by atoms with E-state index in [2.05, 4.69) is 47.5 Å². The van der Waals surface area contributed by atoms with Gasteiger partial charge in [-0.25, -0.2) is 0 Å². The third-order valence-electron chi connectivity index (χ3n) is 12.4. The van der Waals surface area contributed by atoms with Crippen molar-refractivity contribution >= 4 is 75.8 Å². The molecule has 0 radical (unpaired) electrons. The van der Waals surface area contributed by atoms with Gasteiger partial charge in [0.2, 0.25) is 53.2 Å². The Morgan fingerprint density at radius 3 is 2.14 bits per heavy atom. The summed E-state index contributed by atoms with van der Waals surface area (Å²) < 4.78 is 0. The number of fused-ring (bicyclic) bond motifs is 2. The highest BCUT2D eigenvalue weighted by Gasteiger charge is 2.41. The molecule has 0 spiro atoms. The lowest BCUT2D eigenvalue weighted by Gasteiger charge is -2.32. The zero-order valence-electron chi connectivity index (χ0n) is 40.9. The molecule has 24 heteroatoms. The molecule has 2 aliphatic heterocycles. The van der Waals surface area contributed by atoms with Crippen molar-refractivity contribution in [3.05, 3.63) is 23.8 Å². The third kappa shape index (κ3) is 17.2. The SMILES string of the molecule is CCC(C)C1NC(=O)CNC(=O)C(Cc2c(SC)[nH]c3cc(O)ccc23)NC(=O)C([C@@H](C)C(C)O)NC(=O)C2CCCN2C(=O)C(CC(=O)NCCCCCCN)NC(=O)CNC(=O)CNC1=O.CO. The molecule has 1 aromatic carbocycles. The lowest BCUT2D eigenvalue weighted by atomic mass is 9.94. The van der Waals surface area contributed by atoms with Crippen molar-refractivity contribution in [2.75, 3.05) is 52.6 Å². The fraction of sp³-hybridized carbons (Fsp3) is 0.630. The standard InChI is InChI=1S/C45H69N11O11S.CH4O/c1-6-24(2)38-42(65)50-21-35(60)48-22-36(61)51-32(20-34(59)47-16-10-8-7-9-15-46)45(67)56-17-11-12-33(56)41(64)55-39(25(3)26(4)57)43(66)52-31(40(63)49-23-37(62)54-38)19-29-28-14-13-27(58)18-30(28)53-44(29)68-5;1-2/h13-14,18,24-26,31-33,38-39,53,57-58H,6-12,15-17,19-23,46H2,1-5H3,(H,47,59)(H,48,60)(H,49,63)(H,50,65)(H,51,61)(H,52,66)(H,54,62)(H,55,64);2H,1H3/t24?,25-,26?,31?,32?,33?,38?,39?;/m0./s1. The highest BCUT2D eigenvalue weighted by Crippen LogP contribution is 2.32. The van der Waals surface area contributed by atoms with E-state index >= 15 is 0 Å². The molecule has 3 heterocycles. The van der Waals surface area contributed by atoms with Crippen LogP contribution in [0.3, 0.4) is 0 Å². The Kier molecular flexibility index (Phi) is 24.4. The van der Waals surface area contributed by atoms with Crippen LogP contribution in [0.1, 0.15) is 84.6 Å². The summed E-state index contributed by atoms with van der Waals surface area (Å²) in [5.74, 6) is -8.28. The van der Waals surface area contributed by atoms with Crippen LogP contribution in [0.2, 0.25) is 0 Å². The Labute approximate surface area is 412 Å². The summed E-state index contributed by atoms with van der Waals surface area (Å²) >= 11 is 1.32. The number of aromatic amines is 1. The summed E-state index contributed by atoms with van der Waals surface area (Å²) in [4.78, 5) is 128. The number of phenols is 1. The van der Waals surface area contributed by atoms with Crippen LogP contribution in [0.15, 0.2) is 23.2 Å². The number of aromatic hydroxyl groups is 1. The summed E-state index contributed by atoms with van der Waals surface area (Å²) in [5.41, 5.74) is 6.71. The number of benzene rings is 1. The highest BCUT2D eigenvalue weighted by atomic mass is 32.2. The second-order valence-electron chi connectivity index (χ2n) is 17.4. The molecule has 70 heavy (non-hydrogen) atoms. The smallest absolute Gasteiger partial charge is 0.246 e. The van der Waals surface area contributed by atoms with Gasteiger partial charge in [-0.05, 0) is 69.0 Å². The molecule has 7 unspecified atom stereocenters. The number of amides is 9. The van der Waals surface area contributed by atoms with E-state index in [9.17, 15) is 53.4 Å². The van der Waals surface area contributed by atoms with Crippen molar-refractivity contribution in [2.45, 2.75) is 127 Å². The number of aliphatic hydroxyl groups excluding tert-OH is 2. The number of nitrogens with two attached hydrogens (primary N) is 1. The van der Waals surface area contributed by atoms with Gasteiger partial charge < -0.3 is 73.5 Å². The summed E-state index contributed by atoms with van der Waals surface area (Å²) in [7, 11) is 1.00. The van der Waals surface area contributed by atoms with Crippen molar-refractivity contribution in [1.82, 2.24) is 52.4 Å². The maximum Gasteiger partial charge on any atom is 0.246 e. The molecule has 9 amide bonds. The van der Waals surface area contributed by atoms with Gasteiger partial charge in [-0.15, -0.1) is 11.8 Å². The highest BCUT2D eigenvalue weighted by molar-refractivity contribution is 7.98. The van der Waals surface area contributed by atoms with Crippen molar-refractivity contribution in [3.63, 3.8) is 0 Å². The summed E-state index contributed by atoms with van der Waals surface area (Å²) in [6, 6.07) is -2.08. The van der Waals surface area contributed by atoms with Crippen molar-refractivity contribution < 1.29 is 58.5 Å². The van der Waals surface area contributed by atoms with Crippen LogP contribution in [0.4, 0.5) is 0 Å². The minimum absolute atomic E-state index is 0.0123. The molecule has 4 rings (SSSR count). The molecular formula is C46H73N11O12S. The van der Waals surface area contributed by atoms with E-state index in [-0.39, 0.29) is 25.1 Å². The molecule has 2 fully saturated rings. The Balaban J connectivity index is 0.00000639. The molecule has 390 valence electrons. The quantitative estimate of drug-likeness (QED) is 0.0687. The van der Waals surface area contributed by atoms with E-state index in [1.165, 1.54) is 42.6 Å².